The second-order valence-corrected chi connectivity index (χ2v) is 6.80. The summed E-state index contributed by atoms with van der Waals surface area (Å²) in [6.07, 6.45) is 4.72. The van der Waals surface area contributed by atoms with Crippen molar-refractivity contribution in [3.63, 3.8) is 0 Å². The molecule has 0 aliphatic rings. The Morgan fingerprint density at radius 2 is 2.12 bits per heavy atom. The molecule has 2 aromatic rings. The lowest BCUT2D eigenvalue weighted by molar-refractivity contribution is -0.133. The minimum atomic E-state index is 0.145. The number of pyridine rings is 1. The number of aromatic nitrogens is 1. The molecule has 1 heterocycles. The van der Waals surface area contributed by atoms with Gasteiger partial charge in [0, 0.05) is 35.9 Å². The zero-order valence-electron chi connectivity index (χ0n) is 14.1. The maximum atomic E-state index is 12.5. The molecule has 2 rings (SSSR count). The van der Waals surface area contributed by atoms with E-state index in [1.807, 2.05) is 55.1 Å². The van der Waals surface area contributed by atoms with Gasteiger partial charge in [0.05, 0.1) is 6.61 Å². The van der Waals surface area contributed by atoms with Gasteiger partial charge in [-0.2, -0.15) is 0 Å². The zero-order valence-corrected chi connectivity index (χ0v) is 15.7. The van der Waals surface area contributed by atoms with E-state index in [0.717, 1.165) is 15.8 Å². The van der Waals surface area contributed by atoms with Gasteiger partial charge in [0.2, 0.25) is 5.91 Å². The Balaban J connectivity index is 1.80. The Morgan fingerprint density at radius 1 is 1.29 bits per heavy atom. The van der Waals surface area contributed by atoms with Crippen molar-refractivity contribution >= 4 is 21.8 Å². The Labute approximate surface area is 152 Å². The molecule has 0 fully saturated rings. The topological polar surface area (TPSA) is 42.4 Å². The van der Waals surface area contributed by atoms with E-state index < -0.39 is 0 Å². The number of carbonyl (C=O) groups excluding carboxylic acids is 1. The quantitative estimate of drug-likeness (QED) is 0.625. The molecule has 0 saturated heterocycles. The number of ether oxygens (including phenoxy) is 1. The van der Waals surface area contributed by atoms with Crippen LogP contribution in [0.3, 0.4) is 0 Å². The van der Waals surface area contributed by atoms with Crippen LogP contribution in [0.4, 0.5) is 0 Å². The summed E-state index contributed by atoms with van der Waals surface area (Å²) in [5, 5.41) is 0. The summed E-state index contributed by atoms with van der Waals surface area (Å²) < 4.78 is 6.67. The van der Waals surface area contributed by atoms with Crippen molar-refractivity contribution < 1.29 is 9.53 Å². The maximum absolute atomic E-state index is 12.5. The lowest BCUT2D eigenvalue weighted by Crippen LogP contribution is -2.36. The highest BCUT2D eigenvalue weighted by atomic mass is 79.9. The summed E-state index contributed by atoms with van der Waals surface area (Å²) in [4.78, 5) is 18.5. The first kappa shape index (κ1) is 18.5. The summed E-state index contributed by atoms with van der Waals surface area (Å²) in [6.45, 7) is 5.19. The highest BCUT2D eigenvalue weighted by Gasteiger charge is 2.17. The highest BCUT2D eigenvalue weighted by Crippen LogP contribution is 2.18. The van der Waals surface area contributed by atoms with Gasteiger partial charge in [0.25, 0.3) is 0 Å². The van der Waals surface area contributed by atoms with Crippen LogP contribution in [0.25, 0.3) is 0 Å². The summed E-state index contributed by atoms with van der Waals surface area (Å²) >= 11 is 3.41. The van der Waals surface area contributed by atoms with Crippen molar-refractivity contribution in [2.75, 3.05) is 6.61 Å². The molecular weight excluding hydrogens is 368 g/mol. The fourth-order valence-electron chi connectivity index (χ4n) is 2.36. The standard InChI is InChI=1S/C19H23BrN2O2/c1-15(2)22(14-16-6-4-10-21-13-16)19(23)9-5-11-24-18-8-3-7-17(20)12-18/h3-4,6-8,10,12-13,15H,5,9,11,14H2,1-2H3. The molecule has 0 aliphatic heterocycles. The third kappa shape index (κ3) is 5.96. The lowest BCUT2D eigenvalue weighted by Gasteiger charge is -2.27. The first-order chi connectivity index (χ1) is 11.6. The van der Waals surface area contributed by atoms with Crippen LogP contribution in [0, 0.1) is 0 Å². The van der Waals surface area contributed by atoms with Crippen LogP contribution >= 0.6 is 15.9 Å². The average Bonchev–Trinajstić information content (AvgIpc) is 2.57. The summed E-state index contributed by atoms with van der Waals surface area (Å²) in [7, 11) is 0. The fraction of sp³-hybridized carbons (Fsp3) is 0.368. The number of rotatable bonds is 8. The molecular formula is C19H23BrN2O2. The molecule has 1 aromatic heterocycles. The van der Waals surface area contributed by atoms with Crippen molar-refractivity contribution in [3.8, 4) is 5.75 Å². The number of hydrogen-bond acceptors (Lipinski definition) is 3. The number of carbonyl (C=O) groups is 1. The van der Waals surface area contributed by atoms with Crippen LogP contribution in [0.1, 0.15) is 32.3 Å². The Morgan fingerprint density at radius 3 is 2.79 bits per heavy atom. The van der Waals surface area contributed by atoms with Gasteiger partial charge in [-0.25, -0.2) is 0 Å². The fourth-order valence-corrected chi connectivity index (χ4v) is 2.74. The first-order valence-corrected chi connectivity index (χ1v) is 8.92. The summed E-state index contributed by atoms with van der Waals surface area (Å²) in [5.74, 6) is 0.958. The van der Waals surface area contributed by atoms with Crippen molar-refractivity contribution in [1.82, 2.24) is 9.88 Å². The molecule has 0 bridgehead atoms. The molecule has 1 amide bonds. The van der Waals surface area contributed by atoms with Gasteiger partial charge in [-0.15, -0.1) is 0 Å². The number of hydrogen-bond donors (Lipinski definition) is 0. The molecule has 0 radical (unpaired) electrons. The number of benzene rings is 1. The molecule has 0 unspecified atom stereocenters. The Bertz CT molecular complexity index is 647. The van der Waals surface area contributed by atoms with Crippen molar-refractivity contribution in [1.29, 1.82) is 0 Å². The van der Waals surface area contributed by atoms with E-state index in [9.17, 15) is 4.79 Å². The molecule has 128 valence electrons. The normalized spacial score (nSPS) is 10.7. The van der Waals surface area contributed by atoms with Crippen LogP contribution in [-0.4, -0.2) is 28.4 Å². The molecule has 0 saturated carbocycles. The van der Waals surface area contributed by atoms with Gasteiger partial charge in [-0.1, -0.05) is 28.1 Å². The van der Waals surface area contributed by atoms with Crippen molar-refractivity contribution in [2.45, 2.75) is 39.3 Å². The minimum absolute atomic E-state index is 0.145. The van der Waals surface area contributed by atoms with E-state index in [1.165, 1.54) is 0 Å². The highest BCUT2D eigenvalue weighted by molar-refractivity contribution is 9.10. The molecule has 0 N–H and O–H groups in total. The maximum Gasteiger partial charge on any atom is 0.223 e. The molecule has 0 atom stereocenters. The second-order valence-electron chi connectivity index (χ2n) is 5.89. The van der Waals surface area contributed by atoms with E-state index in [1.54, 1.807) is 12.4 Å². The number of amides is 1. The van der Waals surface area contributed by atoms with E-state index in [-0.39, 0.29) is 11.9 Å². The molecule has 0 aliphatic carbocycles. The lowest BCUT2D eigenvalue weighted by atomic mass is 10.2. The van der Waals surface area contributed by atoms with Gasteiger partial charge >= 0.3 is 0 Å². The van der Waals surface area contributed by atoms with E-state index >= 15 is 0 Å². The molecule has 24 heavy (non-hydrogen) atoms. The third-order valence-electron chi connectivity index (χ3n) is 3.62. The van der Waals surface area contributed by atoms with Gasteiger partial charge < -0.3 is 9.64 Å². The second kappa shape index (κ2) is 9.42. The average molecular weight is 391 g/mol. The predicted octanol–water partition coefficient (Wildman–Crippen LogP) is 4.44. The first-order valence-electron chi connectivity index (χ1n) is 8.13. The Hall–Kier alpha value is -1.88. The van der Waals surface area contributed by atoms with Crippen molar-refractivity contribution in [3.05, 3.63) is 58.8 Å². The molecule has 4 nitrogen and oxygen atoms in total. The van der Waals surface area contributed by atoms with Crippen LogP contribution in [0.15, 0.2) is 53.3 Å². The molecule has 0 spiro atoms. The predicted molar refractivity (Wildman–Crippen MR) is 98.8 cm³/mol. The number of nitrogens with zero attached hydrogens (tertiary/aromatic N) is 2. The van der Waals surface area contributed by atoms with Gasteiger partial charge in [-0.05, 0) is 50.1 Å². The summed E-state index contributed by atoms with van der Waals surface area (Å²) in [6, 6.07) is 11.8. The van der Waals surface area contributed by atoms with Crippen LogP contribution in [0.2, 0.25) is 0 Å². The zero-order chi connectivity index (χ0) is 17.4. The molecule has 5 heteroatoms. The SMILES string of the molecule is CC(C)N(Cc1cccnc1)C(=O)CCCOc1cccc(Br)c1. The van der Waals surface area contributed by atoms with E-state index in [0.29, 0.717) is 26.0 Å². The Kier molecular flexibility index (Phi) is 7.25. The van der Waals surface area contributed by atoms with Gasteiger partial charge in [0.1, 0.15) is 5.75 Å². The smallest absolute Gasteiger partial charge is 0.223 e. The van der Waals surface area contributed by atoms with Gasteiger partial charge in [0.15, 0.2) is 0 Å². The van der Waals surface area contributed by atoms with E-state index in [4.69, 9.17) is 4.74 Å². The number of halogens is 1. The van der Waals surface area contributed by atoms with Crippen LogP contribution < -0.4 is 4.74 Å². The van der Waals surface area contributed by atoms with Crippen molar-refractivity contribution in [2.24, 2.45) is 0 Å². The van der Waals surface area contributed by atoms with E-state index in [2.05, 4.69) is 20.9 Å². The monoisotopic (exact) mass is 390 g/mol. The molecule has 1 aromatic carbocycles. The largest absolute Gasteiger partial charge is 0.494 e. The van der Waals surface area contributed by atoms with Crippen LogP contribution in [0.5, 0.6) is 5.75 Å². The van der Waals surface area contributed by atoms with Crippen LogP contribution in [-0.2, 0) is 11.3 Å². The minimum Gasteiger partial charge on any atom is -0.494 e. The summed E-state index contributed by atoms with van der Waals surface area (Å²) in [5.41, 5.74) is 1.05. The third-order valence-corrected chi connectivity index (χ3v) is 4.11. The van der Waals surface area contributed by atoms with Gasteiger partial charge in [-0.3, -0.25) is 9.78 Å².